The molecule has 7 nitrogen and oxygen atoms in total. The van der Waals surface area contributed by atoms with Gasteiger partial charge in [-0.25, -0.2) is 8.42 Å². The van der Waals surface area contributed by atoms with Crippen molar-refractivity contribution in [3.63, 3.8) is 0 Å². The molecule has 1 atom stereocenters. The molecule has 1 fully saturated rings. The topological polar surface area (TPSA) is 84.7 Å². The summed E-state index contributed by atoms with van der Waals surface area (Å²) in [6, 6.07) is 7.14. The van der Waals surface area contributed by atoms with Gasteiger partial charge in [-0.15, -0.1) is 0 Å². The summed E-state index contributed by atoms with van der Waals surface area (Å²) in [7, 11) is -3.72. The van der Waals surface area contributed by atoms with Gasteiger partial charge >= 0.3 is 0 Å². The van der Waals surface area contributed by atoms with Gasteiger partial charge in [-0.2, -0.15) is 5.10 Å². The van der Waals surface area contributed by atoms with Gasteiger partial charge in [0, 0.05) is 6.20 Å². The highest BCUT2D eigenvalue weighted by Crippen LogP contribution is 2.35. The van der Waals surface area contributed by atoms with Gasteiger partial charge in [0.25, 0.3) is 10.0 Å². The average molecular weight is 375 g/mol. The Kier molecular flexibility index (Phi) is 4.24. The summed E-state index contributed by atoms with van der Waals surface area (Å²) in [4.78, 5) is 0.214. The van der Waals surface area contributed by atoms with E-state index in [0.717, 1.165) is 18.4 Å². The first-order valence-corrected chi connectivity index (χ1v) is 10.0. The SMILES string of the molecule is Cc1ccc(S(=O)(=O)N2C=C(c3cnn(C4CC4)c3)OC(CO)C2)cc1. The molecular formula is C18H21N3O4S. The van der Waals surface area contributed by atoms with Crippen molar-refractivity contribution < 1.29 is 18.3 Å². The summed E-state index contributed by atoms with van der Waals surface area (Å²) in [5.41, 5.74) is 1.70. The molecule has 4 rings (SSSR count). The quantitative estimate of drug-likeness (QED) is 0.863. The van der Waals surface area contributed by atoms with E-state index in [9.17, 15) is 13.5 Å². The van der Waals surface area contributed by atoms with E-state index in [4.69, 9.17) is 4.74 Å². The van der Waals surface area contributed by atoms with Crippen LogP contribution in [0.15, 0.2) is 47.8 Å². The summed E-state index contributed by atoms with van der Waals surface area (Å²) in [6.07, 6.45) is 6.60. The first kappa shape index (κ1) is 17.1. The summed E-state index contributed by atoms with van der Waals surface area (Å²) >= 11 is 0. The maximum atomic E-state index is 13.0. The lowest BCUT2D eigenvalue weighted by atomic mass is 10.2. The fourth-order valence-corrected chi connectivity index (χ4v) is 4.23. The molecule has 1 aromatic heterocycles. The van der Waals surface area contributed by atoms with Crippen molar-refractivity contribution in [1.82, 2.24) is 14.1 Å². The number of rotatable bonds is 5. The number of benzene rings is 1. The lowest BCUT2D eigenvalue weighted by Gasteiger charge is -2.31. The Balaban J connectivity index is 1.68. The predicted octanol–water partition coefficient (Wildman–Crippen LogP) is 1.91. The molecule has 1 N–H and O–H groups in total. The van der Waals surface area contributed by atoms with Crippen LogP contribution >= 0.6 is 0 Å². The second-order valence-electron chi connectivity index (χ2n) is 6.74. The third-order valence-corrected chi connectivity index (χ3v) is 6.32. The molecule has 1 unspecified atom stereocenters. The van der Waals surface area contributed by atoms with E-state index in [1.807, 2.05) is 17.8 Å². The van der Waals surface area contributed by atoms with Gasteiger partial charge in [-0.3, -0.25) is 8.99 Å². The fourth-order valence-electron chi connectivity index (χ4n) is 2.89. The van der Waals surface area contributed by atoms with Crippen LogP contribution in [0.3, 0.4) is 0 Å². The zero-order valence-electron chi connectivity index (χ0n) is 14.4. The van der Waals surface area contributed by atoms with Crippen LogP contribution in [-0.2, 0) is 14.8 Å². The van der Waals surface area contributed by atoms with E-state index >= 15 is 0 Å². The molecular weight excluding hydrogens is 354 g/mol. The number of aliphatic hydroxyl groups excluding tert-OH is 1. The summed E-state index contributed by atoms with van der Waals surface area (Å²) < 4.78 is 34.9. The number of nitrogens with zero attached hydrogens (tertiary/aromatic N) is 3. The van der Waals surface area contributed by atoms with Crippen LogP contribution in [0.4, 0.5) is 0 Å². The van der Waals surface area contributed by atoms with Crippen LogP contribution in [0.2, 0.25) is 0 Å². The average Bonchev–Trinajstić information content (AvgIpc) is 3.38. The van der Waals surface area contributed by atoms with Crippen LogP contribution in [0.5, 0.6) is 0 Å². The van der Waals surface area contributed by atoms with E-state index in [1.54, 1.807) is 30.5 Å². The molecule has 1 aliphatic heterocycles. The summed E-state index contributed by atoms with van der Waals surface area (Å²) in [5.74, 6) is 0.401. The fraction of sp³-hybridized carbons (Fsp3) is 0.389. The second-order valence-corrected chi connectivity index (χ2v) is 8.63. The smallest absolute Gasteiger partial charge is 0.264 e. The molecule has 138 valence electrons. The van der Waals surface area contributed by atoms with E-state index < -0.39 is 16.1 Å². The minimum absolute atomic E-state index is 0.0625. The lowest BCUT2D eigenvalue weighted by molar-refractivity contribution is 0.0700. The minimum Gasteiger partial charge on any atom is -0.484 e. The van der Waals surface area contributed by atoms with Crippen LogP contribution < -0.4 is 0 Å². The molecule has 1 saturated carbocycles. The number of aromatic nitrogens is 2. The maximum absolute atomic E-state index is 13.0. The number of ether oxygens (including phenoxy) is 1. The third-order valence-electron chi connectivity index (χ3n) is 4.58. The molecule has 0 saturated heterocycles. The largest absolute Gasteiger partial charge is 0.484 e. The zero-order valence-corrected chi connectivity index (χ0v) is 15.3. The monoisotopic (exact) mass is 375 g/mol. The highest BCUT2D eigenvalue weighted by Gasteiger charge is 2.31. The van der Waals surface area contributed by atoms with Gasteiger partial charge in [-0.1, -0.05) is 17.7 Å². The first-order chi connectivity index (χ1) is 12.5. The molecule has 1 aromatic carbocycles. The Hall–Kier alpha value is -2.32. The van der Waals surface area contributed by atoms with Crippen LogP contribution in [0, 0.1) is 6.92 Å². The van der Waals surface area contributed by atoms with Crippen LogP contribution in [0.25, 0.3) is 5.76 Å². The first-order valence-electron chi connectivity index (χ1n) is 8.60. The number of hydrogen-bond acceptors (Lipinski definition) is 5. The minimum atomic E-state index is -3.72. The Morgan fingerprint density at radius 1 is 1.27 bits per heavy atom. The highest BCUT2D eigenvalue weighted by molar-refractivity contribution is 7.89. The van der Waals surface area contributed by atoms with Gasteiger partial charge in [0.05, 0.1) is 42.0 Å². The van der Waals surface area contributed by atoms with Crippen molar-refractivity contribution in [1.29, 1.82) is 0 Å². The molecule has 2 aromatic rings. The van der Waals surface area contributed by atoms with E-state index in [1.165, 1.54) is 10.5 Å². The van der Waals surface area contributed by atoms with Crippen molar-refractivity contribution in [2.45, 2.75) is 36.8 Å². The Morgan fingerprint density at radius 3 is 2.65 bits per heavy atom. The molecule has 2 heterocycles. The summed E-state index contributed by atoms with van der Waals surface area (Å²) in [6.45, 7) is 1.70. The highest BCUT2D eigenvalue weighted by atomic mass is 32.2. The Morgan fingerprint density at radius 2 is 2.00 bits per heavy atom. The molecule has 1 aliphatic carbocycles. The Labute approximate surface area is 152 Å². The molecule has 8 heteroatoms. The molecule has 26 heavy (non-hydrogen) atoms. The van der Waals surface area contributed by atoms with Crippen LogP contribution in [-0.4, -0.2) is 46.9 Å². The molecule has 0 amide bonds. The zero-order chi connectivity index (χ0) is 18.3. The number of aryl methyl sites for hydroxylation is 1. The van der Waals surface area contributed by atoms with E-state index in [2.05, 4.69) is 5.10 Å². The molecule has 2 aliphatic rings. The molecule has 0 spiro atoms. The van der Waals surface area contributed by atoms with Crippen molar-refractivity contribution in [2.24, 2.45) is 0 Å². The maximum Gasteiger partial charge on any atom is 0.264 e. The second kappa shape index (κ2) is 6.44. The van der Waals surface area contributed by atoms with Crippen molar-refractivity contribution in [3.05, 3.63) is 54.0 Å². The Bertz CT molecular complexity index is 930. The molecule has 0 bridgehead atoms. The van der Waals surface area contributed by atoms with Gasteiger partial charge in [0.2, 0.25) is 0 Å². The number of sulfonamides is 1. The number of aliphatic hydroxyl groups is 1. The lowest BCUT2D eigenvalue weighted by Crippen LogP contribution is -2.40. The van der Waals surface area contributed by atoms with Crippen molar-refractivity contribution in [3.8, 4) is 0 Å². The van der Waals surface area contributed by atoms with Crippen molar-refractivity contribution >= 4 is 15.8 Å². The van der Waals surface area contributed by atoms with E-state index in [0.29, 0.717) is 17.4 Å². The normalized spacial score (nSPS) is 20.6. The van der Waals surface area contributed by atoms with Gasteiger partial charge in [-0.05, 0) is 31.9 Å². The third kappa shape index (κ3) is 3.22. The van der Waals surface area contributed by atoms with Crippen LogP contribution in [0.1, 0.15) is 30.0 Å². The standard InChI is InChI=1S/C18H21N3O4S/c1-13-2-6-17(7-3-13)26(23,24)20-10-16(12-22)25-18(11-20)14-8-19-21(9-14)15-4-5-15/h2-3,6-9,11,15-16,22H,4-5,10,12H2,1H3. The van der Waals surface area contributed by atoms with E-state index in [-0.39, 0.29) is 18.0 Å². The predicted molar refractivity (Wildman–Crippen MR) is 95.5 cm³/mol. The summed E-state index contributed by atoms with van der Waals surface area (Å²) in [5, 5.41) is 13.9. The van der Waals surface area contributed by atoms with Gasteiger partial charge < -0.3 is 9.84 Å². The molecule has 0 radical (unpaired) electrons. The number of hydrogen-bond donors (Lipinski definition) is 1. The van der Waals surface area contributed by atoms with Crippen molar-refractivity contribution in [2.75, 3.05) is 13.2 Å². The van der Waals surface area contributed by atoms with Gasteiger partial charge in [0.15, 0.2) is 0 Å². The van der Waals surface area contributed by atoms with Gasteiger partial charge in [0.1, 0.15) is 11.9 Å².